The first-order chi connectivity index (χ1) is 9.09. The number of hydrogen-bond acceptors (Lipinski definition) is 3. The minimum absolute atomic E-state index is 0.110. The van der Waals surface area contributed by atoms with Crippen molar-refractivity contribution in [3.63, 3.8) is 0 Å². The summed E-state index contributed by atoms with van der Waals surface area (Å²) < 4.78 is 5.51. The van der Waals surface area contributed by atoms with Gasteiger partial charge in [0.2, 0.25) is 5.91 Å². The Morgan fingerprint density at radius 3 is 2.63 bits per heavy atom. The Hall–Kier alpha value is -1.39. The number of amides is 1. The SMILES string of the molecule is CC(O)CCCNC(=O)C(C)OCc1ccccc1. The normalized spacial score (nSPS) is 13.8. The third-order valence-electron chi connectivity index (χ3n) is 2.81. The smallest absolute Gasteiger partial charge is 0.248 e. The van der Waals surface area contributed by atoms with E-state index in [1.807, 2.05) is 30.3 Å². The van der Waals surface area contributed by atoms with Crippen LogP contribution in [0, 0.1) is 0 Å². The van der Waals surface area contributed by atoms with Gasteiger partial charge in [-0.25, -0.2) is 0 Å². The van der Waals surface area contributed by atoms with Crippen LogP contribution in [0.2, 0.25) is 0 Å². The zero-order chi connectivity index (χ0) is 14.1. The number of ether oxygens (including phenoxy) is 1. The number of carbonyl (C=O) groups is 1. The van der Waals surface area contributed by atoms with Crippen LogP contribution in [-0.2, 0) is 16.1 Å². The van der Waals surface area contributed by atoms with Crippen LogP contribution >= 0.6 is 0 Å². The van der Waals surface area contributed by atoms with E-state index < -0.39 is 6.10 Å². The van der Waals surface area contributed by atoms with Crippen LogP contribution in [0.1, 0.15) is 32.3 Å². The summed E-state index contributed by atoms with van der Waals surface area (Å²) >= 11 is 0. The number of hydrogen-bond donors (Lipinski definition) is 2. The summed E-state index contributed by atoms with van der Waals surface area (Å²) in [5, 5.41) is 11.9. The molecule has 1 rings (SSSR count). The van der Waals surface area contributed by atoms with Crippen LogP contribution in [0.3, 0.4) is 0 Å². The molecular weight excluding hydrogens is 242 g/mol. The molecule has 0 aliphatic carbocycles. The third kappa shape index (κ3) is 6.94. The molecule has 0 aromatic heterocycles. The van der Waals surface area contributed by atoms with Crippen molar-refractivity contribution in [2.24, 2.45) is 0 Å². The Labute approximate surface area is 114 Å². The van der Waals surface area contributed by atoms with E-state index in [4.69, 9.17) is 9.84 Å². The monoisotopic (exact) mass is 265 g/mol. The van der Waals surface area contributed by atoms with Gasteiger partial charge in [0.25, 0.3) is 0 Å². The molecule has 0 spiro atoms. The number of rotatable bonds is 8. The second-order valence-corrected chi connectivity index (χ2v) is 4.72. The van der Waals surface area contributed by atoms with Crippen LogP contribution < -0.4 is 5.32 Å². The van der Waals surface area contributed by atoms with Crippen LogP contribution in [0.25, 0.3) is 0 Å². The standard InChI is InChI=1S/C15H23NO3/c1-12(17)7-6-10-16-15(18)13(2)19-11-14-8-4-3-5-9-14/h3-5,8-9,12-13,17H,6-7,10-11H2,1-2H3,(H,16,18). The summed E-state index contributed by atoms with van der Waals surface area (Å²) in [6, 6.07) is 9.77. The van der Waals surface area contributed by atoms with E-state index >= 15 is 0 Å². The van der Waals surface area contributed by atoms with Gasteiger partial charge in [0.15, 0.2) is 0 Å². The van der Waals surface area contributed by atoms with Crippen molar-refractivity contribution in [1.82, 2.24) is 5.32 Å². The average Bonchev–Trinajstić information content (AvgIpc) is 2.41. The van der Waals surface area contributed by atoms with Gasteiger partial charge in [-0.2, -0.15) is 0 Å². The zero-order valence-corrected chi connectivity index (χ0v) is 11.6. The van der Waals surface area contributed by atoms with Crippen LogP contribution in [-0.4, -0.2) is 29.8 Å². The Kier molecular flexibility index (Phi) is 7.15. The highest BCUT2D eigenvalue weighted by Gasteiger charge is 2.12. The zero-order valence-electron chi connectivity index (χ0n) is 11.6. The first-order valence-corrected chi connectivity index (χ1v) is 6.71. The number of benzene rings is 1. The molecule has 2 unspecified atom stereocenters. The van der Waals surface area contributed by atoms with E-state index in [1.165, 1.54) is 0 Å². The minimum Gasteiger partial charge on any atom is -0.393 e. The molecule has 19 heavy (non-hydrogen) atoms. The Morgan fingerprint density at radius 2 is 2.00 bits per heavy atom. The Morgan fingerprint density at radius 1 is 1.32 bits per heavy atom. The lowest BCUT2D eigenvalue weighted by atomic mass is 10.2. The molecule has 0 heterocycles. The molecule has 0 saturated heterocycles. The molecule has 0 bridgehead atoms. The summed E-state index contributed by atoms with van der Waals surface area (Å²) in [6.07, 6.45) is 0.685. The quantitative estimate of drug-likeness (QED) is 0.705. The topological polar surface area (TPSA) is 58.6 Å². The van der Waals surface area contributed by atoms with Crippen molar-refractivity contribution in [3.05, 3.63) is 35.9 Å². The Balaban J connectivity index is 2.18. The van der Waals surface area contributed by atoms with Crippen molar-refractivity contribution in [2.75, 3.05) is 6.54 Å². The molecule has 4 nitrogen and oxygen atoms in total. The van der Waals surface area contributed by atoms with E-state index in [0.29, 0.717) is 19.6 Å². The highest BCUT2D eigenvalue weighted by molar-refractivity contribution is 5.80. The van der Waals surface area contributed by atoms with Crippen molar-refractivity contribution in [3.8, 4) is 0 Å². The molecular formula is C15H23NO3. The van der Waals surface area contributed by atoms with E-state index in [0.717, 1.165) is 12.0 Å². The molecule has 0 aliphatic heterocycles. The molecule has 2 atom stereocenters. The van der Waals surface area contributed by atoms with Gasteiger partial charge >= 0.3 is 0 Å². The Bertz CT molecular complexity index is 365. The van der Waals surface area contributed by atoms with Gasteiger partial charge in [-0.3, -0.25) is 4.79 Å². The number of carbonyl (C=O) groups excluding carboxylic acids is 1. The molecule has 1 aromatic rings. The maximum absolute atomic E-state index is 11.7. The van der Waals surface area contributed by atoms with Crippen LogP contribution in [0.5, 0.6) is 0 Å². The van der Waals surface area contributed by atoms with Gasteiger partial charge < -0.3 is 15.2 Å². The largest absolute Gasteiger partial charge is 0.393 e. The molecule has 0 fully saturated rings. The van der Waals surface area contributed by atoms with Gasteiger partial charge in [0.05, 0.1) is 12.7 Å². The first kappa shape index (κ1) is 15.7. The van der Waals surface area contributed by atoms with E-state index in [2.05, 4.69) is 5.32 Å². The number of nitrogens with one attached hydrogen (secondary N) is 1. The summed E-state index contributed by atoms with van der Waals surface area (Å²) in [5.74, 6) is -0.110. The molecule has 1 aromatic carbocycles. The molecule has 0 saturated carbocycles. The molecule has 106 valence electrons. The number of aliphatic hydroxyl groups is 1. The summed E-state index contributed by atoms with van der Waals surface area (Å²) in [4.78, 5) is 11.7. The van der Waals surface area contributed by atoms with E-state index in [9.17, 15) is 4.79 Å². The van der Waals surface area contributed by atoms with Gasteiger partial charge in [-0.15, -0.1) is 0 Å². The maximum atomic E-state index is 11.7. The highest BCUT2D eigenvalue weighted by Crippen LogP contribution is 2.03. The predicted octanol–water partition coefficient (Wildman–Crippen LogP) is 1.87. The van der Waals surface area contributed by atoms with Crippen LogP contribution in [0.4, 0.5) is 0 Å². The fourth-order valence-electron chi connectivity index (χ4n) is 1.62. The second-order valence-electron chi connectivity index (χ2n) is 4.72. The van der Waals surface area contributed by atoms with Gasteiger partial charge in [-0.05, 0) is 32.3 Å². The fourth-order valence-corrected chi connectivity index (χ4v) is 1.62. The van der Waals surface area contributed by atoms with Gasteiger partial charge in [0, 0.05) is 6.54 Å². The minimum atomic E-state index is -0.466. The molecule has 0 radical (unpaired) electrons. The maximum Gasteiger partial charge on any atom is 0.248 e. The fraction of sp³-hybridized carbons (Fsp3) is 0.533. The summed E-state index contributed by atoms with van der Waals surface area (Å²) in [5.41, 5.74) is 1.05. The van der Waals surface area contributed by atoms with E-state index in [1.54, 1.807) is 13.8 Å². The molecule has 1 amide bonds. The summed E-state index contributed by atoms with van der Waals surface area (Å²) in [6.45, 7) is 4.49. The van der Waals surface area contributed by atoms with Crippen molar-refractivity contribution in [2.45, 2.75) is 45.5 Å². The van der Waals surface area contributed by atoms with E-state index in [-0.39, 0.29) is 12.0 Å². The molecule has 4 heteroatoms. The molecule has 2 N–H and O–H groups in total. The lowest BCUT2D eigenvalue weighted by Crippen LogP contribution is -2.35. The predicted molar refractivity (Wildman–Crippen MR) is 74.6 cm³/mol. The van der Waals surface area contributed by atoms with Crippen molar-refractivity contribution in [1.29, 1.82) is 0 Å². The molecule has 0 aliphatic rings. The lowest BCUT2D eigenvalue weighted by molar-refractivity contribution is -0.132. The van der Waals surface area contributed by atoms with Crippen LogP contribution in [0.15, 0.2) is 30.3 Å². The highest BCUT2D eigenvalue weighted by atomic mass is 16.5. The lowest BCUT2D eigenvalue weighted by Gasteiger charge is -2.13. The van der Waals surface area contributed by atoms with Gasteiger partial charge in [0.1, 0.15) is 6.10 Å². The van der Waals surface area contributed by atoms with Crippen molar-refractivity contribution >= 4 is 5.91 Å². The van der Waals surface area contributed by atoms with Gasteiger partial charge in [-0.1, -0.05) is 30.3 Å². The first-order valence-electron chi connectivity index (χ1n) is 6.71. The van der Waals surface area contributed by atoms with Crippen molar-refractivity contribution < 1.29 is 14.6 Å². The second kappa shape index (κ2) is 8.67. The summed E-state index contributed by atoms with van der Waals surface area (Å²) in [7, 11) is 0. The third-order valence-corrected chi connectivity index (χ3v) is 2.81. The number of aliphatic hydroxyl groups excluding tert-OH is 1. The average molecular weight is 265 g/mol.